The van der Waals surface area contributed by atoms with E-state index in [0.29, 0.717) is 6.04 Å². The van der Waals surface area contributed by atoms with Gasteiger partial charge in [0, 0.05) is 24.6 Å². The van der Waals surface area contributed by atoms with Crippen LogP contribution in [0.5, 0.6) is 0 Å². The normalized spacial score (nSPS) is 11.7. The first-order valence-corrected chi connectivity index (χ1v) is 6.74. The summed E-state index contributed by atoms with van der Waals surface area (Å²) in [6.07, 6.45) is 2.19. The number of hydrogen-bond donors (Lipinski definition) is 2. The van der Waals surface area contributed by atoms with Crippen LogP contribution in [-0.2, 0) is 5.41 Å². The third kappa shape index (κ3) is 3.86. The minimum Gasteiger partial charge on any atom is -0.373 e. The van der Waals surface area contributed by atoms with Gasteiger partial charge in [-0.05, 0) is 12.8 Å². The van der Waals surface area contributed by atoms with Crippen LogP contribution in [0.3, 0.4) is 0 Å². The molecule has 2 N–H and O–H groups in total. The molecule has 1 rings (SSSR count). The van der Waals surface area contributed by atoms with E-state index in [4.69, 9.17) is 0 Å². The minimum absolute atomic E-state index is 0.0444. The number of anilines is 2. The smallest absolute Gasteiger partial charge is 0.138 e. The van der Waals surface area contributed by atoms with Crippen molar-refractivity contribution >= 4 is 11.6 Å². The quantitative estimate of drug-likeness (QED) is 0.840. The van der Waals surface area contributed by atoms with Crippen LogP contribution in [0, 0.1) is 0 Å². The van der Waals surface area contributed by atoms with Gasteiger partial charge in [-0.15, -0.1) is 0 Å². The molecule has 0 aliphatic rings. The van der Waals surface area contributed by atoms with Crippen LogP contribution in [0.2, 0.25) is 0 Å². The molecular weight excluding hydrogens is 224 g/mol. The Bertz CT molecular complexity index is 378. The van der Waals surface area contributed by atoms with Crippen molar-refractivity contribution in [3.05, 3.63) is 11.9 Å². The summed E-state index contributed by atoms with van der Waals surface area (Å²) in [5.41, 5.74) is -0.0444. The lowest BCUT2D eigenvalue weighted by molar-refractivity contribution is 0.545. The monoisotopic (exact) mass is 250 g/mol. The second kappa shape index (κ2) is 6.03. The predicted molar refractivity (Wildman–Crippen MR) is 78.3 cm³/mol. The molecule has 0 atom stereocenters. The fraction of sp³-hybridized carbons (Fsp3) is 0.714. The van der Waals surface area contributed by atoms with Crippen molar-refractivity contribution in [2.24, 2.45) is 0 Å². The van der Waals surface area contributed by atoms with E-state index in [-0.39, 0.29) is 5.41 Å². The van der Waals surface area contributed by atoms with Gasteiger partial charge < -0.3 is 10.6 Å². The average molecular weight is 250 g/mol. The predicted octanol–water partition coefficient (Wildman–Crippen LogP) is 3.42. The van der Waals surface area contributed by atoms with Gasteiger partial charge in [-0.25, -0.2) is 9.97 Å². The molecule has 0 bridgehead atoms. The Morgan fingerprint density at radius 1 is 1.11 bits per heavy atom. The molecule has 0 amide bonds. The summed E-state index contributed by atoms with van der Waals surface area (Å²) in [6, 6.07) is 2.44. The van der Waals surface area contributed by atoms with E-state index >= 15 is 0 Å². The van der Waals surface area contributed by atoms with Crippen LogP contribution >= 0.6 is 0 Å². The van der Waals surface area contributed by atoms with Crippen molar-refractivity contribution in [2.45, 2.75) is 58.9 Å². The first-order valence-electron chi connectivity index (χ1n) is 6.74. The van der Waals surface area contributed by atoms with Gasteiger partial charge in [0.2, 0.25) is 0 Å². The fourth-order valence-electron chi connectivity index (χ4n) is 1.69. The summed E-state index contributed by atoms with van der Waals surface area (Å²) in [5.74, 6) is 2.64. The second-order valence-electron chi connectivity index (χ2n) is 5.62. The number of rotatable bonds is 5. The zero-order valence-electron chi connectivity index (χ0n) is 12.5. The van der Waals surface area contributed by atoms with Crippen molar-refractivity contribution in [1.29, 1.82) is 0 Å². The van der Waals surface area contributed by atoms with Gasteiger partial charge in [-0.1, -0.05) is 34.6 Å². The Labute approximate surface area is 111 Å². The highest BCUT2D eigenvalue weighted by Gasteiger charge is 2.19. The first kappa shape index (κ1) is 14.7. The van der Waals surface area contributed by atoms with Gasteiger partial charge in [0.25, 0.3) is 0 Å². The SMILES string of the molecule is CCC(CC)Nc1cc(NC)nc(C(C)(C)C)n1. The fourth-order valence-corrected chi connectivity index (χ4v) is 1.69. The number of nitrogens with zero attached hydrogens (tertiary/aromatic N) is 2. The summed E-state index contributed by atoms with van der Waals surface area (Å²) >= 11 is 0. The van der Waals surface area contributed by atoms with E-state index in [9.17, 15) is 0 Å². The van der Waals surface area contributed by atoms with E-state index in [2.05, 4.69) is 55.2 Å². The summed E-state index contributed by atoms with van der Waals surface area (Å²) in [5, 5.41) is 6.57. The molecule has 18 heavy (non-hydrogen) atoms. The van der Waals surface area contributed by atoms with Crippen molar-refractivity contribution < 1.29 is 0 Å². The molecule has 1 heterocycles. The second-order valence-corrected chi connectivity index (χ2v) is 5.62. The number of hydrogen-bond acceptors (Lipinski definition) is 4. The average Bonchev–Trinajstić information content (AvgIpc) is 2.34. The zero-order chi connectivity index (χ0) is 13.8. The maximum Gasteiger partial charge on any atom is 0.138 e. The molecule has 4 nitrogen and oxygen atoms in total. The Balaban J connectivity index is 3.04. The van der Waals surface area contributed by atoms with Crippen molar-refractivity contribution in [1.82, 2.24) is 9.97 Å². The van der Waals surface area contributed by atoms with Gasteiger partial charge in [0.1, 0.15) is 17.5 Å². The van der Waals surface area contributed by atoms with E-state index in [1.54, 1.807) is 0 Å². The molecule has 102 valence electrons. The van der Waals surface area contributed by atoms with Crippen LogP contribution in [-0.4, -0.2) is 23.1 Å². The largest absolute Gasteiger partial charge is 0.373 e. The molecule has 0 saturated carbocycles. The Kier molecular flexibility index (Phi) is 4.93. The summed E-state index contributed by atoms with van der Waals surface area (Å²) in [6.45, 7) is 10.8. The van der Waals surface area contributed by atoms with Crippen LogP contribution < -0.4 is 10.6 Å². The van der Waals surface area contributed by atoms with E-state index in [1.807, 2.05) is 13.1 Å². The van der Waals surface area contributed by atoms with Crippen LogP contribution in [0.1, 0.15) is 53.3 Å². The summed E-state index contributed by atoms with van der Waals surface area (Å²) < 4.78 is 0. The number of nitrogens with one attached hydrogen (secondary N) is 2. The number of aromatic nitrogens is 2. The Morgan fingerprint density at radius 2 is 1.67 bits per heavy atom. The van der Waals surface area contributed by atoms with E-state index in [1.165, 1.54) is 0 Å². The lowest BCUT2D eigenvalue weighted by Crippen LogP contribution is -2.22. The molecule has 4 heteroatoms. The third-order valence-corrected chi connectivity index (χ3v) is 2.99. The van der Waals surface area contributed by atoms with Crippen LogP contribution in [0.4, 0.5) is 11.6 Å². The first-order chi connectivity index (χ1) is 8.40. The summed E-state index contributed by atoms with van der Waals surface area (Å²) in [4.78, 5) is 9.15. The molecule has 1 aromatic heterocycles. The minimum atomic E-state index is -0.0444. The molecule has 0 radical (unpaired) electrons. The van der Waals surface area contributed by atoms with Crippen LogP contribution in [0.15, 0.2) is 6.07 Å². The third-order valence-electron chi connectivity index (χ3n) is 2.99. The molecule has 0 aliphatic carbocycles. The van der Waals surface area contributed by atoms with Crippen LogP contribution in [0.25, 0.3) is 0 Å². The van der Waals surface area contributed by atoms with E-state index < -0.39 is 0 Å². The summed E-state index contributed by atoms with van der Waals surface area (Å²) in [7, 11) is 1.88. The van der Waals surface area contributed by atoms with Gasteiger partial charge in [0.15, 0.2) is 0 Å². The molecule has 0 aliphatic heterocycles. The molecule has 0 aromatic carbocycles. The van der Waals surface area contributed by atoms with Crippen molar-refractivity contribution in [3.8, 4) is 0 Å². The standard InChI is InChI=1S/C14H26N4/c1-7-10(8-2)16-12-9-11(15-6)17-13(18-12)14(3,4)5/h9-10H,7-8H2,1-6H3,(H2,15,16,17,18). The molecular formula is C14H26N4. The van der Waals surface area contributed by atoms with Crippen molar-refractivity contribution in [3.63, 3.8) is 0 Å². The highest BCUT2D eigenvalue weighted by molar-refractivity contribution is 5.48. The highest BCUT2D eigenvalue weighted by atomic mass is 15.1. The van der Waals surface area contributed by atoms with Gasteiger partial charge in [-0.2, -0.15) is 0 Å². The van der Waals surface area contributed by atoms with Gasteiger partial charge in [-0.3, -0.25) is 0 Å². The molecule has 0 spiro atoms. The van der Waals surface area contributed by atoms with E-state index in [0.717, 1.165) is 30.3 Å². The Hall–Kier alpha value is -1.32. The maximum atomic E-state index is 4.63. The van der Waals surface area contributed by atoms with Gasteiger partial charge >= 0.3 is 0 Å². The molecule has 1 aromatic rings. The van der Waals surface area contributed by atoms with Crippen molar-refractivity contribution in [2.75, 3.05) is 17.7 Å². The highest BCUT2D eigenvalue weighted by Crippen LogP contribution is 2.22. The topological polar surface area (TPSA) is 49.8 Å². The molecule has 0 fully saturated rings. The molecule has 0 unspecified atom stereocenters. The lowest BCUT2D eigenvalue weighted by Gasteiger charge is -2.21. The molecule has 0 saturated heterocycles. The Morgan fingerprint density at radius 3 is 2.11 bits per heavy atom. The van der Waals surface area contributed by atoms with Gasteiger partial charge in [0.05, 0.1) is 0 Å². The maximum absolute atomic E-state index is 4.63. The zero-order valence-corrected chi connectivity index (χ0v) is 12.5. The lowest BCUT2D eigenvalue weighted by atomic mass is 9.96.